The molecule has 2 aromatic rings. The number of benzene rings is 1. The Hall–Kier alpha value is -2.69. The first kappa shape index (κ1) is 21.2. The lowest BCUT2D eigenvalue weighted by Crippen LogP contribution is -2.47. The van der Waals surface area contributed by atoms with Gasteiger partial charge >= 0.3 is 5.69 Å². The van der Waals surface area contributed by atoms with E-state index in [-0.39, 0.29) is 47.3 Å². The lowest BCUT2D eigenvalue weighted by atomic mass is 9.87. The number of methoxy groups -OCH3 is 1. The highest BCUT2D eigenvalue weighted by Crippen LogP contribution is 2.48. The van der Waals surface area contributed by atoms with Crippen molar-refractivity contribution in [3.05, 3.63) is 26.7 Å². The maximum Gasteiger partial charge on any atom is 0.329 e. The lowest BCUT2D eigenvalue weighted by molar-refractivity contribution is -0.0439. The van der Waals surface area contributed by atoms with Crippen molar-refractivity contribution in [1.29, 1.82) is 0 Å². The third kappa shape index (κ3) is 3.01. The SMILES string of the molecule is COc1c(N2CC3CCCC(F)(F)C(N)C3C2)c(F)c(N)c2c(=O)[nH]c(=O)n(C3CC3)c12. The van der Waals surface area contributed by atoms with Crippen LogP contribution in [0.25, 0.3) is 10.9 Å². The van der Waals surface area contributed by atoms with Gasteiger partial charge < -0.3 is 21.1 Å². The summed E-state index contributed by atoms with van der Waals surface area (Å²) in [5.74, 6) is -4.50. The predicted molar refractivity (Wildman–Crippen MR) is 114 cm³/mol. The first-order valence-electron chi connectivity index (χ1n) is 10.9. The van der Waals surface area contributed by atoms with Gasteiger partial charge in [-0.05, 0) is 31.6 Å². The fraction of sp³-hybridized carbons (Fsp3) is 0.619. The van der Waals surface area contributed by atoms with E-state index in [0.717, 1.165) is 12.8 Å². The topological polar surface area (TPSA) is 119 Å². The zero-order valence-corrected chi connectivity index (χ0v) is 17.7. The second-order valence-corrected chi connectivity index (χ2v) is 9.20. The Bertz CT molecular complexity index is 1210. The molecule has 0 spiro atoms. The number of aromatic nitrogens is 2. The van der Waals surface area contributed by atoms with Crippen molar-refractivity contribution < 1.29 is 17.9 Å². The number of rotatable bonds is 3. The van der Waals surface area contributed by atoms with Crippen LogP contribution in [0.3, 0.4) is 0 Å². The molecule has 5 rings (SSSR count). The largest absolute Gasteiger partial charge is 0.492 e. The van der Waals surface area contributed by atoms with Crippen molar-refractivity contribution in [2.75, 3.05) is 30.8 Å². The Morgan fingerprint density at radius 1 is 1.19 bits per heavy atom. The summed E-state index contributed by atoms with van der Waals surface area (Å²) in [5.41, 5.74) is 10.3. The lowest BCUT2D eigenvalue weighted by Gasteiger charge is -2.29. The molecular weight excluding hydrogens is 427 g/mol. The van der Waals surface area contributed by atoms with Crippen LogP contribution in [0.5, 0.6) is 5.75 Å². The number of aromatic amines is 1. The number of H-pyrrole nitrogens is 1. The Labute approximate surface area is 181 Å². The van der Waals surface area contributed by atoms with E-state index in [0.29, 0.717) is 19.4 Å². The van der Waals surface area contributed by atoms with Crippen molar-refractivity contribution in [2.45, 2.75) is 50.1 Å². The van der Waals surface area contributed by atoms with Crippen molar-refractivity contribution in [3.8, 4) is 5.75 Å². The van der Waals surface area contributed by atoms with E-state index >= 15 is 4.39 Å². The zero-order valence-electron chi connectivity index (χ0n) is 17.7. The van der Waals surface area contributed by atoms with Gasteiger partial charge in [-0.3, -0.25) is 14.3 Å². The van der Waals surface area contributed by atoms with Gasteiger partial charge in [-0.1, -0.05) is 0 Å². The van der Waals surface area contributed by atoms with Gasteiger partial charge in [-0.15, -0.1) is 0 Å². The molecule has 5 N–H and O–H groups in total. The first-order valence-corrected chi connectivity index (χ1v) is 10.9. The number of hydrogen-bond acceptors (Lipinski definition) is 6. The molecule has 3 aliphatic rings. The molecule has 0 amide bonds. The molecule has 3 fully saturated rings. The van der Waals surface area contributed by atoms with Gasteiger partial charge in [-0.25, -0.2) is 18.0 Å². The fourth-order valence-electron chi connectivity index (χ4n) is 5.50. The maximum atomic E-state index is 15.6. The van der Waals surface area contributed by atoms with E-state index in [1.165, 1.54) is 11.7 Å². The van der Waals surface area contributed by atoms with Gasteiger partial charge in [0.1, 0.15) is 11.2 Å². The second kappa shape index (κ2) is 7.16. The normalized spacial score (nSPS) is 27.4. The van der Waals surface area contributed by atoms with Crippen molar-refractivity contribution in [2.24, 2.45) is 17.6 Å². The first-order chi connectivity index (χ1) is 15.2. The van der Waals surface area contributed by atoms with Crippen LogP contribution in [0, 0.1) is 17.7 Å². The molecule has 174 valence electrons. The Balaban J connectivity index is 1.70. The molecule has 2 aliphatic carbocycles. The molecule has 1 aromatic carbocycles. The van der Waals surface area contributed by atoms with Gasteiger partial charge in [0.2, 0.25) is 0 Å². The Morgan fingerprint density at radius 3 is 2.56 bits per heavy atom. The molecule has 2 saturated carbocycles. The van der Waals surface area contributed by atoms with Crippen LogP contribution >= 0.6 is 0 Å². The van der Waals surface area contributed by atoms with E-state index in [1.807, 2.05) is 0 Å². The summed E-state index contributed by atoms with van der Waals surface area (Å²) in [4.78, 5) is 29.0. The van der Waals surface area contributed by atoms with Gasteiger partial charge in [-0.2, -0.15) is 0 Å². The van der Waals surface area contributed by atoms with Gasteiger partial charge in [0, 0.05) is 31.5 Å². The van der Waals surface area contributed by atoms with Crippen LogP contribution in [-0.2, 0) is 0 Å². The average Bonchev–Trinajstić information content (AvgIpc) is 3.49. The molecule has 8 nitrogen and oxygen atoms in total. The Kier molecular flexibility index (Phi) is 4.74. The van der Waals surface area contributed by atoms with E-state index < -0.39 is 40.6 Å². The summed E-state index contributed by atoms with van der Waals surface area (Å²) in [6.07, 6.45) is 2.11. The number of anilines is 2. The van der Waals surface area contributed by atoms with Crippen LogP contribution in [-0.4, -0.2) is 41.7 Å². The highest BCUT2D eigenvalue weighted by Gasteiger charge is 2.50. The van der Waals surface area contributed by atoms with Crippen molar-refractivity contribution in [3.63, 3.8) is 0 Å². The monoisotopic (exact) mass is 453 g/mol. The number of alkyl halides is 2. The van der Waals surface area contributed by atoms with Gasteiger partial charge in [0.05, 0.1) is 24.2 Å². The molecule has 1 aromatic heterocycles. The number of ether oxygens (including phenoxy) is 1. The third-order valence-corrected chi connectivity index (χ3v) is 7.25. The number of nitrogens with two attached hydrogens (primary N) is 2. The summed E-state index contributed by atoms with van der Waals surface area (Å²) < 4.78 is 51.4. The quantitative estimate of drug-likeness (QED) is 0.612. The Morgan fingerprint density at radius 2 is 1.91 bits per heavy atom. The average molecular weight is 453 g/mol. The van der Waals surface area contributed by atoms with Crippen molar-refractivity contribution >= 4 is 22.3 Å². The van der Waals surface area contributed by atoms with E-state index in [4.69, 9.17) is 16.2 Å². The highest BCUT2D eigenvalue weighted by molar-refractivity contribution is 5.99. The zero-order chi connectivity index (χ0) is 22.9. The molecule has 3 unspecified atom stereocenters. The predicted octanol–water partition coefficient (Wildman–Crippen LogP) is 1.95. The van der Waals surface area contributed by atoms with Crippen LogP contribution in [0.15, 0.2) is 9.59 Å². The third-order valence-electron chi connectivity index (χ3n) is 7.25. The summed E-state index contributed by atoms with van der Waals surface area (Å²) in [6.45, 7) is 0.417. The van der Waals surface area contributed by atoms with Crippen LogP contribution in [0.1, 0.15) is 38.1 Å². The number of nitrogens with zero attached hydrogens (tertiary/aromatic N) is 2. The van der Waals surface area contributed by atoms with Gasteiger partial charge in [0.15, 0.2) is 11.6 Å². The molecule has 2 heterocycles. The minimum atomic E-state index is -2.99. The molecule has 0 bridgehead atoms. The summed E-state index contributed by atoms with van der Waals surface area (Å²) in [6, 6.07) is -1.48. The van der Waals surface area contributed by atoms with E-state index in [1.54, 1.807) is 4.90 Å². The summed E-state index contributed by atoms with van der Waals surface area (Å²) in [5, 5.41) is -0.147. The molecule has 1 saturated heterocycles. The van der Waals surface area contributed by atoms with Gasteiger partial charge in [0.25, 0.3) is 11.5 Å². The molecule has 3 atom stereocenters. The minimum absolute atomic E-state index is 0.0126. The molecular formula is C21H26F3N5O3. The van der Waals surface area contributed by atoms with E-state index in [9.17, 15) is 18.4 Å². The van der Waals surface area contributed by atoms with Crippen LogP contribution in [0.2, 0.25) is 0 Å². The number of nitrogens with one attached hydrogen (secondary N) is 1. The van der Waals surface area contributed by atoms with Crippen LogP contribution < -0.4 is 32.4 Å². The minimum Gasteiger partial charge on any atom is -0.492 e. The number of nitrogen functional groups attached to an aromatic ring is 1. The number of hydrogen-bond donors (Lipinski definition) is 3. The molecule has 1 aliphatic heterocycles. The molecule has 0 radical (unpaired) electrons. The molecule has 11 heteroatoms. The summed E-state index contributed by atoms with van der Waals surface area (Å²) in [7, 11) is 1.32. The standard InChI is InChI=1S/C21H26F3N5O3/c1-32-17-15-12(19(30)27-20(31)29(15)10-4-5-10)14(25)13(22)16(17)28-7-9-3-2-6-21(23,24)18(26)11(9)8-28/h9-11,18H,2-8,25-26H2,1H3,(H,27,30,31). The highest BCUT2D eigenvalue weighted by atomic mass is 19.3. The number of fused-ring (bicyclic) bond motifs is 2. The second-order valence-electron chi connectivity index (χ2n) is 9.20. The summed E-state index contributed by atoms with van der Waals surface area (Å²) >= 11 is 0. The fourth-order valence-corrected chi connectivity index (χ4v) is 5.50. The van der Waals surface area contributed by atoms with Crippen LogP contribution in [0.4, 0.5) is 24.5 Å². The van der Waals surface area contributed by atoms with E-state index in [2.05, 4.69) is 4.98 Å². The molecule has 32 heavy (non-hydrogen) atoms. The van der Waals surface area contributed by atoms with Crippen molar-refractivity contribution in [1.82, 2.24) is 9.55 Å². The maximum absolute atomic E-state index is 15.6. The number of halogens is 3. The smallest absolute Gasteiger partial charge is 0.329 e.